The molecule has 0 bridgehead atoms. The number of aliphatic hydroxyl groups is 1. The number of benzene rings is 1. The molecule has 3 nitrogen and oxygen atoms in total. The highest BCUT2D eigenvalue weighted by Gasteiger charge is 2.37. The van der Waals surface area contributed by atoms with Gasteiger partial charge in [-0.25, -0.2) is 4.98 Å². The van der Waals surface area contributed by atoms with Gasteiger partial charge in [0.05, 0.1) is 22.6 Å². The van der Waals surface area contributed by atoms with E-state index < -0.39 is 34.9 Å². The Morgan fingerprint density at radius 1 is 1.00 bits per heavy atom. The third-order valence-corrected chi connectivity index (χ3v) is 3.27. The summed E-state index contributed by atoms with van der Waals surface area (Å²) < 4.78 is 81.5. The van der Waals surface area contributed by atoms with Gasteiger partial charge in [-0.15, -0.1) is 0 Å². The minimum atomic E-state index is -4.95. The average molecular weight is 395 g/mol. The molecule has 2 aromatic rings. The van der Waals surface area contributed by atoms with Crippen LogP contribution in [0.5, 0.6) is 0 Å². The zero-order chi connectivity index (χ0) is 20.8. The molecule has 0 spiro atoms. The number of unbranched alkanes of at least 4 members (excludes halogenated alkanes) is 1. The normalized spacial score (nSPS) is 11.7. The van der Waals surface area contributed by atoms with Crippen molar-refractivity contribution < 1.29 is 35.9 Å². The van der Waals surface area contributed by atoms with Crippen LogP contribution in [-0.4, -0.2) is 10.1 Å². The quantitative estimate of drug-likeness (QED) is 0.457. The van der Waals surface area contributed by atoms with Crippen LogP contribution in [-0.2, 0) is 18.8 Å². The van der Waals surface area contributed by atoms with E-state index in [-0.39, 0.29) is 23.9 Å². The number of hydrogen-bond donors (Lipinski definition) is 1. The molecule has 0 saturated carbocycles. The minimum absolute atomic E-state index is 0.0168. The van der Waals surface area contributed by atoms with Gasteiger partial charge in [0.15, 0.2) is 0 Å². The van der Waals surface area contributed by atoms with Crippen molar-refractivity contribution in [3.8, 4) is 11.5 Å². The van der Waals surface area contributed by atoms with Crippen molar-refractivity contribution in [1.82, 2.24) is 4.98 Å². The Labute approximate surface area is 152 Å². The maximum atomic E-state index is 12.8. The zero-order valence-corrected chi connectivity index (χ0v) is 14.7. The Morgan fingerprint density at radius 3 is 1.85 bits per heavy atom. The SMILES string of the molecule is C=C(O)Cc1coc(-c2cc(C(F)(F)F)cc(C(F)(F)F)c2)n1.CCCC. The molecule has 0 aliphatic carbocycles. The topological polar surface area (TPSA) is 46.3 Å². The van der Waals surface area contributed by atoms with Gasteiger partial charge in [0.2, 0.25) is 5.89 Å². The van der Waals surface area contributed by atoms with Gasteiger partial charge in [-0.1, -0.05) is 33.3 Å². The van der Waals surface area contributed by atoms with E-state index in [0.717, 1.165) is 6.26 Å². The van der Waals surface area contributed by atoms with E-state index in [1.54, 1.807) is 0 Å². The summed E-state index contributed by atoms with van der Waals surface area (Å²) in [5, 5.41) is 9.01. The number of aromatic nitrogens is 1. The first-order valence-corrected chi connectivity index (χ1v) is 7.99. The molecule has 1 aromatic carbocycles. The van der Waals surface area contributed by atoms with Crippen LogP contribution in [0.3, 0.4) is 0 Å². The number of aliphatic hydroxyl groups excluding tert-OH is 1. The lowest BCUT2D eigenvalue weighted by Gasteiger charge is -2.12. The first kappa shape index (κ1) is 22.6. The maximum Gasteiger partial charge on any atom is 0.416 e. The summed E-state index contributed by atoms with van der Waals surface area (Å²) in [6.07, 6.45) is -6.38. The number of hydrogen-bond acceptors (Lipinski definition) is 3. The highest BCUT2D eigenvalue weighted by Crippen LogP contribution is 2.38. The Balaban J connectivity index is 0.000000828. The highest BCUT2D eigenvalue weighted by atomic mass is 19.4. The lowest BCUT2D eigenvalue weighted by atomic mass is 10.0. The molecule has 1 heterocycles. The molecule has 9 heteroatoms. The molecule has 2 rings (SSSR count). The van der Waals surface area contributed by atoms with Gasteiger partial charge in [0.1, 0.15) is 6.26 Å². The first-order chi connectivity index (χ1) is 12.4. The van der Waals surface area contributed by atoms with Crippen LogP contribution in [0.1, 0.15) is 43.5 Å². The lowest BCUT2D eigenvalue weighted by Crippen LogP contribution is -2.11. The van der Waals surface area contributed by atoms with Crippen molar-refractivity contribution in [2.75, 3.05) is 0 Å². The van der Waals surface area contributed by atoms with Crippen LogP contribution < -0.4 is 0 Å². The number of allylic oxidation sites excluding steroid dienone is 1. The van der Waals surface area contributed by atoms with E-state index >= 15 is 0 Å². The van der Waals surface area contributed by atoms with Gasteiger partial charge in [-0.3, -0.25) is 0 Å². The Hall–Kier alpha value is -2.45. The molecule has 0 radical (unpaired) electrons. The minimum Gasteiger partial charge on any atom is -0.513 e. The third kappa shape index (κ3) is 6.99. The van der Waals surface area contributed by atoms with E-state index in [4.69, 9.17) is 9.52 Å². The zero-order valence-electron chi connectivity index (χ0n) is 14.7. The van der Waals surface area contributed by atoms with E-state index in [2.05, 4.69) is 25.4 Å². The van der Waals surface area contributed by atoms with Crippen molar-refractivity contribution in [2.24, 2.45) is 0 Å². The fourth-order valence-electron chi connectivity index (χ4n) is 1.81. The summed E-state index contributed by atoms with van der Waals surface area (Å²) in [6.45, 7) is 7.56. The summed E-state index contributed by atoms with van der Waals surface area (Å²) >= 11 is 0. The fourth-order valence-corrected chi connectivity index (χ4v) is 1.81. The molecular weight excluding hydrogens is 376 g/mol. The van der Waals surface area contributed by atoms with Crippen LogP contribution >= 0.6 is 0 Å². The van der Waals surface area contributed by atoms with Crippen LogP contribution in [0, 0.1) is 0 Å². The molecule has 0 atom stereocenters. The predicted octanol–water partition coefficient (Wildman–Crippen LogP) is 6.80. The van der Waals surface area contributed by atoms with Crippen LogP contribution in [0.15, 0.2) is 41.2 Å². The van der Waals surface area contributed by atoms with E-state index in [0.29, 0.717) is 12.1 Å². The van der Waals surface area contributed by atoms with Crippen molar-refractivity contribution in [1.29, 1.82) is 0 Å². The van der Waals surface area contributed by atoms with Crippen molar-refractivity contribution in [2.45, 2.75) is 45.5 Å². The van der Waals surface area contributed by atoms with Gasteiger partial charge in [0.25, 0.3) is 0 Å². The molecule has 27 heavy (non-hydrogen) atoms. The van der Waals surface area contributed by atoms with Gasteiger partial charge in [-0.05, 0) is 18.2 Å². The lowest BCUT2D eigenvalue weighted by molar-refractivity contribution is -0.143. The second-order valence-electron chi connectivity index (χ2n) is 5.68. The molecule has 0 fully saturated rings. The monoisotopic (exact) mass is 395 g/mol. The number of rotatable bonds is 4. The molecule has 1 N–H and O–H groups in total. The second-order valence-corrected chi connectivity index (χ2v) is 5.68. The third-order valence-electron chi connectivity index (χ3n) is 3.27. The van der Waals surface area contributed by atoms with Crippen molar-refractivity contribution in [3.05, 3.63) is 53.6 Å². The van der Waals surface area contributed by atoms with Gasteiger partial charge >= 0.3 is 12.4 Å². The highest BCUT2D eigenvalue weighted by molar-refractivity contribution is 5.57. The van der Waals surface area contributed by atoms with Gasteiger partial charge < -0.3 is 9.52 Å². The number of alkyl halides is 6. The molecule has 150 valence electrons. The largest absolute Gasteiger partial charge is 0.513 e. The molecule has 1 aromatic heterocycles. The Bertz CT molecular complexity index is 728. The summed E-state index contributed by atoms with van der Waals surface area (Å²) in [5.74, 6) is -0.692. The molecule has 0 aliphatic rings. The maximum absolute atomic E-state index is 12.8. The van der Waals surface area contributed by atoms with Gasteiger partial charge in [-0.2, -0.15) is 26.3 Å². The summed E-state index contributed by atoms with van der Waals surface area (Å²) in [6, 6.07) is 1.04. The van der Waals surface area contributed by atoms with E-state index in [9.17, 15) is 26.3 Å². The average Bonchev–Trinajstić information content (AvgIpc) is 3.01. The Morgan fingerprint density at radius 2 is 1.48 bits per heavy atom. The molecule has 0 saturated heterocycles. The smallest absolute Gasteiger partial charge is 0.416 e. The van der Waals surface area contributed by atoms with Gasteiger partial charge in [0, 0.05) is 12.0 Å². The van der Waals surface area contributed by atoms with Crippen LogP contribution in [0.4, 0.5) is 26.3 Å². The van der Waals surface area contributed by atoms with Crippen LogP contribution in [0.2, 0.25) is 0 Å². The van der Waals surface area contributed by atoms with Crippen molar-refractivity contribution >= 4 is 0 Å². The fraction of sp³-hybridized carbons (Fsp3) is 0.389. The standard InChI is InChI=1S/C14H9F6NO2.C4H10/c1-7(22)2-11-6-23-12(21-11)8-3-9(13(15,16)17)5-10(4-8)14(18,19)20;1-3-4-2/h3-6,22H,1-2H2;3-4H2,1-2H3. The van der Waals surface area contributed by atoms with E-state index in [1.165, 1.54) is 12.8 Å². The van der Waals surface area contributed by atoms with E-state index in [1.807, 2.05) is 0 Å². The summed E-state index contributed by atoms with van der Waals surface area (Å²) in [4.78, 5) is 3.74. The first-order valence-electron chi connectivity index (χ1n) is 7.99. The second kappa shape index (κ2) is 8.96. The number of oxazole rings is 1. The number of nitrogens with zero attached hydrogens (tertiary/aromatic N) is 1. The predicted molar refractivity (Wildman–Crippen MR) is 88.0 cm³/mol. The van der Waals surface area contributed by atoms with Crippen LogP contribution in [0.25, 0.3) is 11.5 Å². The number of halogens is 6. The molecular formula is C18H19F6NO2. The molecule has 0 aliphatic heterocycles. The summed E-state index contributed by atoms with van der Waals surface area (Å²) in [7, 11) is 0. The molecule has 0 amide bonds. The van der Waals surface area contributed by atoms with Crippen molar-refractivity contribution in [3.63, 3.8) is 0 Å². The summed E-state index contributed by atoms with van der Waals surface area (Å²) in [5.41, 5.74) is -3.28. The Kier molecular flexibility index (Phi) is 7.50. The molecule has 0 unspecified atom stereocenters.